The summed E-state index contributed by atoms with van der Waals surface area (Å²) >= 11 is 0. The molecule has 8 nitrogen and oxygen atoms in total. The number of fused-ring (bicyclic) bond motifs is 1. The first kappa shape index (κ1) is 22.9. The van der Waals surface area contributed by atoms with Gasteiger partial charge >= 0.3 is 5.97 Å². The van der Waals surface area contributed by atoms with Crippen LogP contribution in [0.1, 0.15) is 49.6 Å². The van der Waals surface area contributed by atoms with Crippen molar-refractivity contribution >= 4 is 22.8 Å². The normalized spacial score (nSPS) is 17.2. The number of para-hydroxylation sites is 2. The Morgan fingerprint density at radius 1 is 1.23 bits per heavy atom. The number of hydrogen-bond donors (Lipinski definition) is 0. The van der Waals surface area contributed by atoms with Gasteiger partial charge < -0.3 is 14.4 Å². The van der Waals surface area contributed by atoms with Gasteiger partial charge in [-0.1, -0.05) is 12.1 Å². The minimum atomic E-state index is -1.50. The first-order valence-electron chi connectivity index (χ1n) is 10.7. The molecule has 1 aromatic carbocycles. The van der Waals surface area contributed by atoms with Crippen molar-refractivity contribution in [1.82, 2.24) is 14.5 Å². The Morgan fingerprint density at radius 2 is 1.94 bits per heavy atom. The molecule has 0 saturated carbocycles. The zero-order valence-corrected chi connectivity index (χ0v) is 18.5. The predicted octanol–water partition coefficient (Wildman–Crippen LogP) is 3.12. The van der Waals surface area contributed by atoms with Crippen LogP contribution in [0.15, 0.2) is 24.3 Å². The standard InChI is InChI=1S/C23H30N4O4/c1-23(31-3,22(29)30-2)27-19-10-6-5-9-18(19)25-21(27)20(28)17-11-15-26(16-12-17)14-8-4-7-13-24/h5-6,9-10,17H,4,7-8,11-12,14-16H2,1-3H3. The largest absolute Gasteiger partial charge is 0.465 e. The van der Waals surface area contributed by atoms with Crippen LogP contribution in [-0.4, -0.2) is 60.1 Å². The number of esters is 1. The molecule has 0 aliphatic carbocycles. The molecule has 0 spiro atoms. The Bertz CT molecular complexity index is 972. The topological polar surface area (TPSA) is 97.5 Å². The van der Waals surface area contributed by atoms with Gasteiger partial charge in [-0.2, -0.15) is 5.26 Å². The van der Waals surface area contributed by atoms with Gasteiger partial charge in [-0.3, -0.25) is 9.36 Å². The fraction of sp³-hybridized carbons (Fsp3) is 0.565. The van der Waals surface area contributed by atoms with Gasteiger partial charge in [-0.05, 0) is 64.4 Å². The lowest BCUT2D eigenvalue weighted by atomic mass is 9.91. The highest BCUT2D eigenvalue weighted by molar-refractivity contribution is 5.99. The zero-order chi connectivity index (χ0) is 22.4. The first-order chi connectivity index (χ1) is 15.0. The summed E-state index contributed by atoms with van der Waals surface area (Å²) in [5.74, 6) is -0.611. The molecular formula is C23H30N4O4. The summed E-state index contributed by atoms with van der Waals surface area (Å²) in [4.78, 5) is 33.1. The van der Waals surface area contributed by atoms with Gasteiger partial charge in [0.25, 0.3) is 0 Å². The highest BCUT2D eigenvalue weighted by atomic mass is 16.6. The van der Waals surface area contributed by atoms with Crippen molar-refractivity contribution in [3.63, 3.8) is 0 Å². The number of benzene rings is 1. The molecule has 1 saturated heterocycles. The monoisotopic (exact) mass is 426 g/mol. The summed E-state index contributed by atoms with van der Waals surface area (Å²) in [6.07, 6.45) is 3.96. The Kier molecular flexibility index (Phi) is 7.42. The quantitative estimate of drug-likeness (QED) is 0.345. The van der Waals surface area contributed by atoms with Crippen molar-refractivity contribution in [3.05, 3.63) is 30.1 Å². The van der Waals surface area contributed by atoms with Crippen LogP contribution in [0.2, 0.25) is 0 Å². The van der Waals surface area contributed by atoms with E-state index in [1.54, 1.807) is 11.5 Å². The number of imidazole rings is 1. The minimum Gasteiger partial charge on any atom is -0.465 e. The second-order valence-electron chi connectivity index (χ2n) is 8.03. The number of methoxy groups -OCH3 is 2. The number of nitrogens with zero attached hydrogens (tertiary/aromatic N) is 4. The van der Waals surface area contributed by atoms with E-state index in [4.69, 9.17) is 14.7 Å². The SMILES string of the molecule is COC(=O)C(C)(OC)n1c(C(=O)C2CCN(CCCCC#N)CC2)nc2ccccc21. The third-order valence-corrected chi connectivity index (χ3v) is 6.14. The van der Waals surface area contributed by atoms with Crippen molar-refractivity contribution in [1.29, 1.82) is 5.26 Å². The number of carbonyl (C=O) groups is 2. The summed E-state index contributed by atoms with van der Waals surface area (Å²) in [7, 11) is 2.72. The highest BCUT2D eigenvalue weighted by Crippen LogP contribution is 2.31. The molecule has 0 radical (unpaired) electrons. The fourth-order valence-corrected chi connectivity index (χ4v) is 4.22. The molecule has 0 bridgehead atoms. The third kappa shape index (κ3) is 4.63. The van der Waals surface area contributed by atoms with E-state index >= 15 is 0 Å². The lowest BCUT2D eigenvalue weighted by Gasteiger charge is -2.32. The zero-order valence-electron chi connectivity index (χ0n) is 18.5. The van der Waals surface area contributed by atoms with Gasteiger partial charge in [0, 0.05) is 19.4 Å². The maximum absolute atomic E-state index is 13.5. The third-order valence-electron chi connectivity index (χ3n) is 6.14. The molecule has 166 valence electrons. The summed E-state index contributed by atoms with van der Waals surface area (Å²) in [5.41, 5.74) is -0.222. The van der Waals surface area contributed by atoms with Crippen molar-refractivity contribution in [2.75, 3.05) is 33.9 Å². The van der Waals surface area contributed by atoms with Crippen LogP contribution in [-0.2, 0) is 20.0 Å². The Labute approximate surface area is 182 Å². The fourth-order valence-electron chi connectivity index (χ4n) is 4.22. The number of unbranched alkanes of at least 4 members (excludes halogenated alkanes) is 2. The van der Waals surface area contributed by atoms with Gasteiger partial charge in [0.15, 0.2) is 5.82 Å². The van der Waals surface area contributed by atoms with Crippen molar-refractivity contribution in [2.24, 2.45) is 5.92 Å². The smallest absolute Gasteiger partial charge is 0.359 e. The molecule has 31 heavy (non-hydrogen) atoms. The molecule has 2 aromatic rings. The second-order valence-corrected chi connectivity index (χ2v) is 8.03. The maximum Gasteiger partial charge on any atom is 0.359 e. The van der Waals surface area contributed by atoms with Crippen LogP contribution in [0.4, 0.5) is 0 Å². The molecule has 2 heterocycles. The molecule has 1 aromatic heterocycles. The Hall–Kier alpha value is -2.76. The molecule has 3 rings (SSSR count). The number of Topliss-reactive ketones (excluding diaryl/α,β-unsaturated/α-hetero) is 1. The number of carbonyl (C=O) groups excluding carboxylic acids is 2. The average molecular weight is 427 g/mol. The van der Waals surface area contributed by atoms with E-state index in [9.17, 15) is 9.59 Å². The van der Waals surface area contributed by atoms with Gasteiger partial charge in [-0.15, -0.1) is 0 Å². The van der Waals surface area contributed by atoms with Crippen molar-refractivity contribution < 1.29 is 19.1 Å². The summed E-state index contributed by atoms with van der Waals surface area (Å²) in [6, 6.07) is 9.51. The first-order valence-corrected chi connectivity index (χ1v) is 10.7. The summed E-state index contributed by atoms with van der Waals surface area (Å²) in [5, 5.41) is 8.66. The lowest BCUT2D eigenvalue weighted by molar-refractivity contribution is -0.176. The van der Waals surface area contributed by atoms with E-state index in [0.29, 0.717) is 17.5 Å². The predicted molar refractivity (Wildman–Crippen MR) is 115 cm³/mol. The number of rotatable bonds is 9. The minimum absolute atomic E-state index is 0.0764. The van der Waals surface area contributed by atoms with E-state index in [-0.39, 0.29) is 17.5 Å². The van der Waals surface area contributed by atoms with Crippen LogP contribution in [0.3, 0.4) is 0 Å². The summed E-state index contributed by atoms with van der Waals surface area (Å²) < 4.78 is 12.1. The lowest BCUT2D eigenvalue weighted by Crippen LogP contribution is -2.44. The van der Waals surface area contributed by atoms with E-state index < -0.39 is 11.7 Å². The molecule has 0 N–H and O–H groups in total. The van der Waals surface area contributed by atoms with Crippen LogP contribution < -0.4 is 0 Å². The molecule has 0 amide bonds. The number of ether oxygens (including phenoxy) is 2. The molecular weight excluding hydrogens is 396 g/mol. The average Bonchev–Trinajstić information content (AvgIpc) is 3.21. The molecule has 1 atom stereocenters. The van der Waals surface area contributed by atoms with Gasteiger partial charge in [0.1, 0.15) is 0 Å². The van der Waals surface area contributed by atoms with E-state index in [0.717, 1.165) is 45.3 Å². The Morgan fingerprint density at radius 3 is 2.58 bits per heavy atom. The van der Waals surface area contributed by atoms with Crippen molar-refractivity contribution in [3.8, 4) is 6.07 Å². The highest BCUT2D eigenvalue weighted by Gasteiger charge is 2.42. The number of ketones is 1. The van der Waals surface area contributed by atoms with Gasteiger partial charge in [0.05, 0.1) is 24.2 Å². The molecule has 1 unspecified atom stereocenters. The molecule has 1 fully saturated rings. The van der Waals surface area contributed by atoms with Gasteiger partial charge in [-0.25, -0.2) is 9.78 Å². The number of likely N-dealkylation sites (tertiary alicyclic amines) is 1. The van der Waals surface area contributed by atoms with Gasteiger partial charge in [0.2, 0.25) is 11.5 Å². The summed E-state index contributed by atoms with van der Waals surface area (Å²) in [6.45, 7) is 4.21. The van der Waals surface area contributed by atoms with Crippen LogP contribution >= 0.6 is 0 Å². The Balaban J connectivity index is 1.84. The van der Waals surface area contributed by atoms with E-state index in [1.165, 1.54) is 14.2 Å². The molecule has 8 heteroatoms. The number of aromatic nitrogens is 2. The number of nitriles is 1. The van der Waals surface area contributed by atoms with E-state index in [2.05, 4.69) is 16.0 Å². The van der Waals surface area contributed by atoms with Crippen LogP contribution in [0, 0.1) is 17.2 Å². The number of piperidine rings is 1. The second kappa shape index (κ2) is 10.0. The molecule has 1 aliphatic rings. The number of hydrogen-bond acceptors (Lipinski definition) is 7. The van der Waals surface area contributed by atoms with Crippen molar-refractivity contribution in [2.45, 2.75) is 44.8 Å². The maximum atomic E-state index is 13.5. The molecule has 1 aliphatic heterocycles. The van der Waals surface area contributed by atoms with E-state index in [1.807, 2.05) is 24.3 Å². The van der Waals surface area contributed by atoms with Crippen LogP contribution in [0.25, 0.3) is 11.0 Å². The van der Waals surface area contributed by atoms with Crippen LogP contribution in [0.5, 0.6) is 0 Å².